The molecule has 21 heavy (non-hydrogen) atoms. The second-order valence-corrected chi connectivity index (χ2v) is 6.77. The van der Waals surface area contributed by atoms with Crippen LogP contribution in [0.25, 0.3) is 0 Å². The van der Waals surface area contributed by atoms with E-state index < -0.39 is 0 Å². The molecule has 1 rings (SSSR count). The normalized spacial score (nSPS) is 12.0. The maximum absolute atomic E-state index is 5.80. The van der Waals surface area contributed by atoms with E-state index in [1.54, 1.807) is 7.11 Å². The SMILES string of the molecule is CCNc1nc(C(CC)(CC)OC)nc(CC(C)C)c1I. The Hall–Kier alpha value is -0.430. The highest BCUT2D eigenvalue weighted by atomic mass is 127. The first-order valence-corrected chi connectivity index (χ1v) is 8.87. The fraction of sp³-hybridized carbons (Fsp3) is 0.750. The molecule has 0 bridgehead atoms. The molecular weight excluding hydrogens is 377 g/mol. The first-order valence-electron chi connectivity index (χ1n) is 7.79. The number of nitrogens with zero attached hydrogens (tertiary/aromatic N) is 2. The summed E-state index contributed by atoms with van der Waals surface area (Å²) in [6.07, 6.45) is 2.69. The van der Waals surface area contributed by atoms with Crippen LogP contribution in [0, 0.1) is 9.49 Å². The third kappa shape index (κ3) is 4.28. The van der Waals surface area contributed by atoms with Crippen LogP contribution in [0.4, 0.5) is 5.82 Å². The minimum absolute atomic E-state index is 0.389. The van der Waals surface area contributed by atoms with Gasteiger partial charge in [0.2, 0.25) is 0 Å². The van der Waals surface area contributed by atoms with Crippen LogP contribution in [0.3, 0.4) is 0 Å². The van der Waals surface area contributed by atoms with E-state index in [0.29, 0.717) is 5.92 Å². The molecule has 1 N–H and O–H groups in total. The molecule has 0 aromatic carbocycles. The van der Waals surface area contributed by atoms with Crippen molar-refractivity contribution in [1.82, 2.24) is 9.97 Å². The molecule has 1 heterocycles. The lowest BCUT2D eigenvalue weighted by Gasteiger charge is -2.29. The predicted molar refractivity (Wildman–Crippen MR) is 96.7 cm³/mol. The quantitative estimate of drug-likeness (QED) is 0.653. The van der Waals surface area contributed by atoms with Crippen LogP contribution in [0.1, 0.15) is 59.0 Å². The molecule has 120 valence electrons. The largest absolute Gasteiger partial charge is 0.370 e. The second kappa shape index (κ2) is 8.27. The lowest BCUT2D eigenvalue weighted by Crippen LogP contribution is -2.30. The topological polar surface area (TPSA) is 47.0 Å². The number of hydrogen-bond acceptors (Lipinski definition) is 4. The van der Waals surface area contributed by atoms with E-state index in [0.717, 1.165) is 46.7 Å². The first kappa shape index (κ1) is 18.6. The zero-order chi connectivity index (χ0) is 16.0. The Bertz CT molecular complexity index is 451. The number of methoxy groups -OCH3 is 1. The molecule has 0 saturated heterocycles. The summed E-state index contributed by atoms with van der Waals surface area (Å²) in [5.74, 6) is 2.31. The summed E-state index contributed by atoms with van der Waals surface area (Å²) in [4.78, 5) is 9.62. The van der Waals surface area contributed by atoms with Gasteiger partial charge in [-0.05, 0) is 54.7 Å². The zero-order valence-electron chi connectivity index (χ0n) is 14.1. The van der Waals surface area contributed by atoms with Gasteiger partial charge in [-0.1, -0.05) is 27.7 Å². The Labute approximate surface area is 142 Å². The van der Waals surface area contributed by atoms with Crippen molar-refractivity contribution in [3.8, 4) is 0 Å². The number of aromatic nitrogens is 2. The number of halogens is 1. The number of hydrogen-bond donors (Lipinski definition) is 1. The summed E-state index contributed by atoms with van der Waals surface area (Å²) in [6.45, 7) is 11.6. The minimum atomic E-state index is -0.389. The van der Waals surface area contributed by atoms with Crippen molar-refractivity contribution in [2.75, 3.05) is 19.0 Å². The van der Waals surface area contributed by atoms with E-state index in [9.17, 15) is 0 Å². The Balaban J connectivity index is 3.41. The van der Waals surface area contributed by atoms with Crippen LogP contribution >= 0.6 is 22.6 Å². The van der Waals surface area contributed by atoms with Gasteiger partial charge in [-0.3, -0.25) is 0 Å². The molecule has 0 aliphatic carbocycles. The Morgan fingerprint density at radius 3 is 2.24 bits per heavy atom. The standard InChI is InChI=1S/C16H28IN3O/c1-7-16(8-2,21-6)15-19-12(10-11(4)5)13(17)14(20-15)18-9-3/h11H,7-10H2,1-6H3,(H,18,19,20). The molecular formula is C16H28IN3O. The maximum atomic E-state index is 5.80. The minimum Gasteiger partial charge on any atom is -0.370 e. The fourth-order valence-electron chi connectivity index (χ4n) is 2.45. The van der Waals surface area contributed by atoms with Gasteiger partial charge >= 0.3 is 0 Å². The van der Waals surface area contributed by atoms with Crippen molar-refractivity contribution in [1.29, 1.82) is 0 Å². The van der Waals surface area contributed by atoms with Crippen LogP contribution in [0.15, 0.2) is 0 Å². The van der Waals surface area contributed by atoms with Gasteiger partial charge < -0.3 is 10.1 Å². The van der Waals surface area contributed by atoms with Gasteiger partial charge in [0.25, 0.3) is 0 Å². The molecule has 0 unspecified atom stereocenters. The van der Waals surface area contributed by atoms with Crippen LogP contribution in [-0.2, 0) is 16.8 Å². The van der Waals surface area contributed by atoms with Gasteiger partial charge in [-0.25, -0.2) is 9.97 Å². The van der Waals surface area contributed by atoms with E-state index in [1.165, 1.54) is 0 Å². The smallest absolute Gasteiger partial charge is 0.162 e. The van der Waals surface area contributed by atoms with Gasteiger partial charge in [0.15, 0.2) is 5.82 Å². The van der Waals surface area contributed by atoms with Gasteiger partial charge in [0.1, 0.15) is 11.4 Å². The zero-order valence-corrected chi connectivity index (χ0v) is 16.2. The summed E-state index contributed by atoms with van der Waals surface area (Å²) >= 11 is 2.35. The van der Waals surface area contributed by atoms with Crippen LogP contribution in [-0.4, -0.2) is 23.6 Å². The summed E-state index contributed by atoms with van der Waals surface area (Å²) < 4.78 is 6.93. The molecule has 0 fully saturated rings. The Kier molecular flexibility index (Phi) is 7.33. The average Bonchev–Trinajstić information content (AvgIpc) is 2.46. The summed E-state index contributed by atoms with van der Waals surface area (Å²) in [5.41, 5.74) is 0.732. The van der Waals surface area contributed by atoms with Gasteiger partial charge in [0.05, 0.1) is 9.26 Å². The third-order valence-electron chi connectivity index (χ3n) is 3.81. The molecule has 0 aliphatic heterocycles. The van der Waals surface area contributed by atoms with Gasteiger partial charge in [0, 0.05) is 13.7 Å². The molecule has 0 aliphatic rings. The van der Waals surface area contributed by atoms with Crippen LogP contribution in [0.2, 0.25) is 0 Å². The fourth-order valence-corrected chi connectivity index (χ4v) is 3.10. The number of anilines is 1. The monoisotopic (exact) mass is 405 g/mol. The lowest BCUT2D eigenvalue weighted by atomic mass is 9.95. The maximum Gasteiger partial charge on any atom is 0.162 e. The Morgan fingerprint density at radius 1 is 1.19 bits per heavy atom. The lowest BCUT2D eigenvalue weighted by molar-refractivity contribution is -0.0292. The van der Waals surface area contributed by atoms with Crippen molar-refractivity contribution in [2.24, 2.45) is 5.92 Å². The molecule has 1 aromatic rings. The summed E-state index contributed by atoms with van der Waals surface area (Å²) in [6, 6.07) is 0. The molecule has 0 radical (unpaired) electrons. The molecule has 0 spiro atoms. The van der Waals surface area contributed by atoms with Crippen LogP contribution < -0.4 is 5.32 Å². The van der Waals surface area contributed by atoms with E-state index >= 15 is 0 Å². The highest BCUT2D eigenvalue weighted by molar-refractivity contribution is 14.1. The highest BCUT2D eigenvalue weighted by Crippen LogP contribution is 2.32. The molecule has 0 saturated carbocycles. The van der Waals surface area contributed by atoms with Crippen LogP contribution in [0.5, 0.6) is 0 Å². The van der Waals surface area contributed by atoms with Crippen molar-refractivity contribution in [3.63, 3.8) is 0 Å². The highest BCUT2D eigenvalue weighted by Gasteiger charge is 2.33. The Morgan fingerprint density at radius 2 is 1.81 bits per heavy atom. The first-order chi connectivity index (χ1) is 9.93. The molecule has 0 amide bonds. The molecule has 0 atom stereocenters. The number of nitrogens with one attached hydrogen (secondary N) is 1. The van der Waals surface area contributed by atoms with Crippen molar-refractivity contribution in [3.05, 3.63) is 15.1 Å². The molecule has 5 heteroatoms. The number of ether oxygens (including phenoxy) is 1. The van der Waals surface area contributed by atoms with Gasteiger partial charge in [-0.2, -0.15) is 0 Å². The van der Waals surface area contributed by atoms with Crippen molar-refractivity contribution >= 4 is 28.4 Å². The van der Waals surface area contributed by atoms with Gasteiger partial charge in [-0.15, -0.1) is 0 Å². The third-order valence-corrected chi connectivity index (χ3v) is 4.94. The van der Waals surface area contributed by atoms with Crippen molar-refractivity contribution < 1.29 is 4.74 Å². The van der Waals surface area contributed by atoms with E-state index in [1.807, 2.05) is 0 Å². The molecule has 4 nitrogen and oxygen atoms in total. The van der Waals surface area contributed by atoms with E-state index in [-0.39, 0.29) is 5.60 Å². The predicted octanol–water partition coefficient (Wildman–Crippen LogP) is 4.37. The molecule has 1 aromatic heterocycles. The number of rotatable bonds is 8. The van der Waals surface area contributed by atoms with E-state index in [4.69, 9.17) is 14.7 Å². The summed E-state index contributed by atoms with van der Waals surface area (Å²) in [7, 11) is 1.75. The average molecular weight is 405 g/mol. The summed E-state index contributed by atoms with van der Waals surface area (Å²) in [5, 5.41) is 3.36. The van der Waals surface area contributed by atoms with E-state index in [2.05, 4.69) is 62.5 Å². The second-order valence-electron chi connectivity index (χ2n) is 5.69. The van der Waals surface area contributed by atoms with Crippen molar-refractivity contribution in [2.45, 2.75) is 59.5 Å².